The number of hydrogen-bond acceptors (Lipinski definition) is 6. The zero-order valence-electron chi connectivity index (χ0n) is 16.7. The number of carbonyl (C=O) groups excluding carboxylic acids is 1. The predicted octanol–water partition coefficient (Wildman–Crippen LogP) is 1.27. The van der Waals surface area contributed by atoms with Gasteiger partial charge in [-0.05, 0) is 31.4 Å². The van der Waals surface area contributed by atoms with E-state index in [9.17, 15) is 15.0 Å². The van der Waals surface area contributed by atoms with E-state index in [2.05, 4.69) is 11.0 Å². The van der Waals surface area contributed by atoms with E-state index < -0.39 is 22.5 Å². The number of aliphatic hydroxyl groups excluding tert-OH is 1. The maximum absolute atomic E-state index is 13.5. The third-order valence-corrected chi connectivity index (χ3v) is 8.36. The summed E-state index contributed by atoms with van der Waals surface area (Å²) in [6.45, 7) is 3.14. The molecule has 5 atom stereocenters. The Morgan fingerprint density at radius 2 is 2.14 bits per heavy atom. The molecule has 0 radical (unpaired) electrons. The normalized spacial score (nSPS) is 42.5. The minimum Gasteiger partial charge on any atom is -0.468 e. The number of aliphatic hydroxyl groups is 2. The van der Waals surface area contributed by atoms with Crippen molar-refractivity contribution in [1.29, 1.82) is 0 Å². The van der Waals surface area contributed by atoms with Crippen molar-refractivity contribution in [3.63, 3.8) is 0 Å². The van der Waals surface area contributed by atoms with Crippen LogP contribution in [0.3, 0.4) is 0 Å². The average Bonchev–Trinajstić information content (AvgIpc) is 2.94. The Morgan fingerprint density at radius 3 is 2.82 bits per heavy atom. The summed E-state index contributed by atoms with van der Waals surface area (Å²) in [4.78, 5) is 17.8. The van der Waals surface area contributed by atoms with Crippen LogP contribution in [0.1, 0.15) is 25.3 Å². The van der Waals surface area contributed by atoms with Crippen LogP contribution in [-0.4, -0.2) is 66.7 Å². The number of para-hydroxylation sites is 1. The first-order chi connectivity index (χ1) is 13.4. The first-order valence-corrected chi connectivity index (χ1v) is 10.1. The van der Waals surface area contributed by atoms with E-state index >= 15 is 0 Å². The molecule has 150 valence electrons. The minimum atomic E-state index is -1.28. The number of hydrogen-bond donors (Lipinski definition) is 2. The summed E-state index contributed by atoms with van der Waals surface area (Å²) in [7, 11) is 3.30. The highest BCUT2D eigenvalue weighted by molar-refractivity contribution is 5.85. The highest BCUT2D eigenvalue weighted by Gasteiger charge is 2.82. The van der Waals surface area contributed by atoms with Crippen molar-refractivity contribution in [2.45, 2.75) is 36.9 Å². The molecule has 6 heteroatoms. The van der Waals surface area contributed by atoms with Crippen LogP contribution in [0.15, 0.2) is 35.9 Å². The largest absolute Gasteiger partial charge is 0.468 e. The predicted molar refractivity (Wildman–Crippen MR) is 105 cm³/mol. The summed E-state index contributed by atoms with van der Waals surface area (Å²) in [5, 5.41) is 23.3. The molecule has 3 fully saturated rings. The number of esters is 1. The van der Waals surface area contributed by atoms with Gasteiger partial charge in [0, 0.05) is 31.7 Å². The van der Waals surface area contributed by atoms with Gasteiger partial charge in [-0.15, -0.1) is 0 Å². The second-order valence-corrected chi connectivity index (χ2v) is 8.72. The highest BCUT2D eigenvalue weighted by Crippen LogP contribution is 2.71. The zero-order valence-corrected chi connectivity index (χ0v) is 16.7. The van der Waals surface area contributed by atoms with Gasteiger partial charge in [-0.2, -0.15) is 0 Å². The molecule has 3 heterocycles. The van der Waals surface area contributed by atoms with E-state index in [1.54, 1.807) is 0 Å². The number of nitrogens with zero attached hydrogens (tertiary/aromatic N) is 2. The number of carbonyl (C=O) groups is 1. The molecule has 0 aromatic heterocycles. The molecule has 5 rings (SSSR count). The lowest BCUT2D eigenvalue weighted by Gasteiger charge is -2.70. The first-order valence-electron chi connectivity index (χ1n) is 10.1. The molecule has 0 unspecified atom stereocenters. The van der Waals surface area contributed by atoms with E-state index in [0.29, 0.717) is 19.4 Å². The molecular formula is C22H28N2O4. The molecule has 4 aliphatic rings. The van der Waals surface area contributed by atoms with Gasteiger partial charge in [-0.3, -0.25) is 9.69 Å². The van der Waals surface area contributed by atoms with Gasteiger partial charge in [0.05, 0.1) is 25.2 Å². The van der Waals surface area contributed by atoms with Crippen molar-refractivity contribution in [3.8, 4) is 0 Å². The topological polar surface area (TPSA) is 73.2 Å². The number of allylic oxidation sites excluding steroid dienone is 1. The third kappa shape index (κ3) is 1.59. The highest BCUT2D eigenvalue weighted by atomic mass is 16.5. The Balaban J connectivity index is 1.91. The number of methoxy groups -OCH3 is 1. The summed E-state index contributed by atoms with van der Waals surface area (Å²) in [6, 6.07) is 7.84. The fourth-order valence-electron chi connectivity index (χ4n) is 7.27. The van der Waals surface area contributed by atoms with Crippen LogP contribution in [0.25, 0.3) is 0 Å². The van der Waals surface area contributed by atoms with Gasteiger partial charge in [0.15, 0.2) is 5.72 Å². The Hall–Kier alpha value is -1.89. The fraction of sp³-hybridized carbons (Fsp3) is 0.591. The number of rotatable bonds is 2. The molecule has 0 amide bonds. The number of ether oxygens (including phenoxy) is 1. The molecule has 2 N–H and O–H groups in total. The number of piperidine rings is 2. The van der Waals surface area contributed by atoms with Crippen LogP contribution in [0.4, 0.5) is 5.69 Å². The molecule has 1 aromatic carbocycles. The van der Waals surface area contributed by atoms with Gasteiger partial charge >= 0.3 is 5.97 Å². The van der Waals surface area contributed by atoms with E-state index in [-0.39, 0.29) is 18.6 Å². The molecule has 2 saturated heterocycles. The van der Waals surface area contributed by atoms with Crippen LogP contribution >= 0.6 is 0 Å². The summed E-state index contributed by atoms with van der Waals surface area (Å²) in [5.41, 5.74) is -0.381. The zero-order chi connectivity index (χ0) is 19.9. The number of benzene rings is 1. The van der Waals surface area contributed by atoms with E-state index in [4.69, 9.17) is 4.74 Å². The molecule has 1 aromatic rings. The van der Waals surface area contributed by atoms with Crippen LogP contribution in [0, 0.1) is 11.3 Å². The lowest BCUT2D eigenvalue weighted by Crippen LogP contribution is -2.84. The van der Waals surface area contributed by atoms with Crippen molar-refractivity contribution in [2.75, 3.05) is 38.8 Å². The van der Waals surface area contributed by atoms with Crippen LogP contribution in [0.2, 0.25) is 0 Å². The number of anilines is 1. The maximum Gasteiger partial charge on any atom is 0.315 e. The fourth-order valence-corrected chi connectivity index (χ4v) is 7.27. The van der Waals surface area contributed by atoms with Crippen molar-refractivity contribution >= 4 is 11.7 Å². The monoisotopic (exact) mass is 384 g/mol. The lowest BCUT2D eigenvalue weighted by atomic mass is 9.41. The van der Waals surface area contributed by atoms with Gasteiger partial charge in [-0.1, -0.05) is 29.8 Å². The third-order valence-electron chi connectivity index (χ3n) is 8.36. The first kappa shape index (κ1) is 18.2. The minimum absolute atomic E-state index is 0.100. The quantitative estimate of drug-likeness (QED) is 0.591. The van der Waals surface area contributed by atoms with Gasteiger partial charge in [0.1, 0.15) is 5.41 Å². The summed E-state index contributed by atoms with van der Waals surface area (Å²) in [5.74, 6) is -0.576. The van der Waals surface area contributed by atoms with Gasteiger partial charge in [-0.25, -0.2) is 0 Å². The van der Waals surface area contributed by atoms with E-state index in [1.807, 2.05) is 43.1 Å². The summed E-state index contributed by atoms with van der Waals surface area (Å²) in [6.07, 6.45) is 3.31. The van der Waals surface area contributed by atoms with Crippen molar-refractivity contribution in [1.82, 2.24) is 4.90 Å². The van der Waals surface area contributed by atoms with Crippen LogP contribution in [0.5, 0.6) is 0 Å². The Bertz CT molecular complexity index is 885. The van der Waals surface area contributed by atoms with Gasteiger partial charge < -0.3 is 19.8 Å². The lowest BCUT2D eigenvalue weighted by molar-refractivity contribution is -0.243. The Labute approximate surface area is 165 Å². The second kappa shape index (κ2) is 5.59. The van der Waals surface area contributed by atoms with Crippen LogP contribution in [-0.2, 0) is 14.9 Å². The van der Waals surface area contributed by atoms with Crippen molar-refractivity contribution in [2.24, 2.45) is 11.3 Å². The van der Waals surface area contributed by atoms with Crippen molar-refractivity contribution < 1.29 is 19.7 Å². The maximum atomic E-state index is 13.5. The van der Waals surface area contributed by atoms with E-state index in [1.165, 1.54) is 7.11 Å². The average molecular weight is 384 g/mol. The molecule has 1 aliphatic carbocycles. The molecule has 3 bridgehead atoms. The van der Waals surface area contributed by atoms with Gasteiger partial charge in [0.25, 0.3) is 0 Å². The summed E-state index contributed by atoms with van der Waals surface area (Å²) >= 11 is 0. The van der Waals surface area contributed by atoms with Gasteiger partial charge in [0.2, 0.25) is 0 Å². The molecular weight excluding hydrogens is 356 g/mol. The Morgan fingerprint density at radius 1 is 1.39 bits per heavy atom. The smallest absolute Gasteiger partial charge is 0.315 e. The van der Waals surface area contributed by atoms with Crippen LogP contribution < -0.4 is 4.90 Å². The summed E-state index contributed by atoms with van der Waals surface area (Å²) < 4.78 is 5.35. The van der Waals surface area contributed by atoms with Crippen molar-refractivity contribution in [3.05, 3.63) is 41.5 Å². The standard InChI is InChI=1S/C22H28N2O4/c1-4-14-12-24-10-9-21-15-7-5-6-8-17(15)23(2)22(21,27)18(24)11-16(14)20(21,13-25)19(26)28-3/h4-8,16,18,25,27H,9-13H2,1-3H3/t16-,18-,20-,21-,22+/m0/s1. The second-order valence-electron chi connectivity index (χ2n) is 8.72. The molecule has 1 saturated carbocycles. The molecule has 0 spiro atoms. The number of likely N-dealkylation sites (N-methyl/N-ethyl adjacent to an activating group) is 1. The number of fused-ring (bicyclic) bond motifs is 2. The van der Waals surface area contributed by atoms with E-state index in [0.717, 1.165) is 23.4 Å². The Kier molecular flexibility index (Phi) is 3.62. The molecule has 28 heavy (non-hydrogen) atoms. The SMILES string of the molecule is CC=C1CN2CC[C@@]34c5ccccc5N(C)[C@@]3(O)[C@@H]2C[C@@H]1[C@@]4(CO)C(=O)OC. The molecule has 3 aliphatic heterocycles. The molecule has 6 nitrogen and oxygen atoms in total.